The number of carbonyl (C=O) groups excluding carboxylic acids is 1. The monoisotopic (exact) mass is 284 g/mol. The number of ether oxygens (including phenoxy) is 2. The normalized spacial score (nSPS) is 10.5. The van der Waals surface area contributed by atoms with Gasteiger partial charge in [-0.1, -0.05) is 12.1 Å². The minimum absolute atomic E-state index is 0.0271. The standard InChI is InChI=1S/C18H20O3/c1-4-20-15-11-9-14(10-12-15)18(19)16-7-5-6-8-17(16)21-13(2)3/h5-13H,4H2,1-3H3. The highest BCUT2D eigenvalue weighted by Crippen LogP contribution is 2.23. The Kier molecular flexibility index (Phi) is 4.99. The molecule has 3 nitrogen and oxygen atoms in total. The molecule has 0 saturated heterocycles. The van der Waals surface area contributed by atoms with Crippen LogP contribution in [-0.2, 0) is 0 Å². The number of hydrogen-bond acceptors (Lipinski definition) is 3. The highest BCUT2D eigenvalue weighted by molar-refractivity contribution is 6.10. The van der Waals surface area contributed by atoms with E-state index in [1.165, 1.54) is 0 Å². The van der Waals surface area contributed by atoms with Crippen LogP contribution in [0.4, 0.5) is 0 Å². The lowest BCUT2D eigenvalue weighted by Crippen LogP contribution is -2.10. The molecule has 21 heavy (non-hydrogen) atoms. The summed E-state index contributed by atoms with van der Waals surface area (Å²) < 4.78 is 11.1. The lowest BCUT2D eigenvalue weighted by molar-refractivity contribution is 0.103. The molecule has 0 fully saturated rings. The topological polar surface area (TPSA) is 35.5 Å². The zero-order chi connectivity index (χ0) is 15.2. The largest absolute Gasteiger partial charge is 0.494 e. The van der Waals surface area contributed by atoms with Crippen LogP contribution in [0.1, 0.15) is 36.7 Å². The van der Waals surface area contributed by atoms with E-state index in [1.807, 2.05) is 51.1 Å². The van der Waals surface area contributed by atoms with Gasteiger partial charge in [0.05, 0.1) is 18.3 Å². The summed E-state index contributed by atoms with van der Waals surface area (Å²) >= 11 is 0. The molecule has 0 amide bonds. The molecule has 0 heterocycles. The molecule has 0 radical (unpaired) electrons. The van der Waals surface area contributed by atoms with E-state index in [0.29, 0.717) is 23.5 Å². The van der Waals surface area contributed by atoms with Gasteiger partial charge >= 0.3 is 0 Å². The van der Waals surface area contributed by atoms with E-state index in [2.05, 4.69) is 0 Å². The molecule has 110 valence electrons. The van der Waals surface area contributed by atoms with Crippen molar-refractivity contribution in [2.45, 2.75) is 26.9 Å². The Morgan fingerprint density at radius 3 is 2.33 bits per heavy atom. The molecule has 0 aliphatic carbocycles. The molecular formula is C18H20O3. The van der Waals surface area contributed by atoms with Gasteiger partial charge < -0.3 is 9.47 Å². The third-order valence-corrected chi connectivity index (χ3v) is 2.92. The maximum absolute atomic E-state index is 12.6. The summed E-state index contributed by atoms with van der Waals surface area (Å²) in [6, 6.07) is 14.5. The maximum Gasteiger partial charge on any atom is 0.196 e. The molecule has 2 aromatic carbocycles. The fraction of sp³-hybridized carbons (Fsp3) is 0.278. The van der Waals surface area contributed by atoms with Gasteiger partial charge in [-0.05, 0) is 57.2 Å². The SMILES string of the molecule is CCOc1ccc(C(=O)c2ccccc2OC(C)C)cc1. The first-order valence-electron chi connectivity index (χ1n) is 7.15. The lowest BCUT2D eigenvalue weighted by Gasteiger charge is -2.13. The van der Waals surface area contributed by atoms with E-state index in [9.17, 15) is 4.79 Å². The summed E-state index contributed by atoms with van der Waals surface area (Å²) in [5.74, 6) is 1.33. The highest BCUT2D eigenvalue weighted by Gasteiger charge is 2.15. The first-order valence-corrected chi connectivity index (χ1v) is 7.15. The maximum atomic E-state index is 12.6. The summed E-state index contributed by atoms with van der Waals surface area (Å²) in [5, 5.41) is 0. The second kappa shape index (κ2) is 6.93. The second-order valence-corrected chi connectivity index (χ2v) is 4.95. The Morgan fingerprint density at radius 2 is 1.71 bits per heavy atom. The molecular weight excluding hydrogens is 264 g/mol. The summed E-state index contributed by atoms with van der Waals surface area (Å²) in [7, 11) is 0. The zero-order valence-corrected chi connectivity index (χ0v) is 12.6. The van der Waals surface area contributed by atoms with Crippen molar-refractivity contribution in [2.24, 2.45) is 0 Å². The van der Waals surface area contributed by atoms with E-state index in [-0.39, 0.29) is 11.9 Å². The van der Waals surface area contributed by atoms with Crippen molar-refractivity contribution in [1.29, 1.82) is 0 Å². The second-order valence-electron chi connectivity index (χ2n) is 4.95. The average molecular weight is 284 g/mol. The van der Waals surface area contributed by atoms with Gasteiger partial charge in [0.15, 0.2) is 5.78 Å². The molecule has 2 aromatic rings. The Hall–Kier alpha value is -2.29. The molecule has 2 rings (SSSR count). The Morgan fingerprint density at radius 1 is 1.05 bits per heavy atom. The minimum atomic E-state index is -0.0469. The van der Waals surface area contributed by atoms with Crippen molar-refractivity contribution >= 4 is 5.78 Å². The van der Waals surface area contributed by atoms with Crippen molar-refractivity contribution in [3.8, 4) is 11.5 Å². The summed E-state index contributed by atoms with van der Waals surface area (Å²) in [5.41, 5.74) is 1.20. The van der Waals surface area contributed by atoms with E-state index in [0.717, 1.165) is 5.75 Å². The predicted molar refractivity (Wildman–Crippen MR) is 83.2 cm³/mol. The Bertz CT molecular complexity index is 600. The predicted octanol–water partition coefficient (Wildman–Crippen LogP) is 4.10. The molecule has 0 aliphatic heterocycles. The van der Waals surface area contributed by atoms with Gasteiger partial charge in [-0.3, -0.25) is 4.79 Å². The Balaban J connectivity index is 2.27. The van der Waals surface area contributed by atoms with E-state index >= 15 is 0 Å². The van der Waals surface area contributed by atoms with Crippen molar-refractivity contribution in [2.75, 3.05) is 6.61 Å². The van der Waals surface area contributed by atoms with Crippen LogP contribution in [0.15, 0.2) is 48.5 Å². The zero-order valence-electron chi connectivity index (χ0n) is 12.6. The van der Waals surface area contributed by atoms with Crippen LogP contribution < -0.4 is 9.47 Å². The molecule has 0 spiro atoms. The molecule has 0 unspecified atom stereocenters. The van der Waals surface area contributed by atoms with Crippen molar-refractivity contribution in [1.82, 2.24) is 0 Å². The van der Waals surface area contributed by atoms with Crippen LogP contribution in [0.25, 0.3) is 0 Å². The molecule has 3 heteroatoms. The molecule has 0 bridgehead atoms. The van der Waals surface area contributed by atoms with Gasteiger partial charge in [-0.25, -0.2) is 0 Å². The van der Waals surface area contributed by atoms with Crippen LogP contribution in [0.3, 0.4) is 0 Å². The fourth-order valence-corrected chi connectivity index (χ4v) is 2.04. The summed E-state index contributed by atoms with van der Waals surface area (Å²) in [6.07, 6.45) is 0.0271. The summed E-state index contributed by atoms with van der Waals surface area (Å²) in [4.78, 5) is 12.6. The quantitative estimate of drug-likeness (QED) is 0.749. The minimum Gasteiger partial charge on any atom is -0.494 e. The van der Waals surface area contributed by atoms with Crippen LogP contribution in [0.2, 0.25) is 0 Å². The first-order chi connectivity index (χ1) is 10.1. The molecule has 0 aromatic heterocycles. The van der Waals surface area contributed by atoms with Crippen molar-refractivity contribution < 1.29 is 14.3 Å². The van der Waals surface area contributed by atoms with Gasteiger partial charge in [0.2, 0.25) is 0 Å². The smallest absolute Gasteiger partial charge is 0.196 e. The van der Waals surface area contributed by atoms with Crippen LogP contribution in [-0.4, -0.2) is 18.5 Å². The molecule has 0 saturated carbocycles. The van der Waals surface area contributed by atoms with Gasteiger partial charge in [0.1, 0.15) is 11.5 Å². The van der Waals surface area contributed by atoms with E-state index in [4.69, 9.17) is 9.47 Å². The van der Waals surface area contributed by atoms with Crippen molar-refractivity contribution in [3.05, 3.63) is 59.7 Å². The van der Waals surface area contributed by atoms with Crippen LogP contribution >= 0.6 is 0 Å². The van der Waals surface area contributed by atoms with Gasteiger partial charge in [0, 0.05) is 5.56 Å². The third kappa shape index (κ3) is 3.85. The molecule has 0 N–H and O–H groups in total. The molecule has 0 atom stereocenters. The average Bonchev–Trinajstić information content (AvgIpc) is 2.48. The molecule has 0 aliphatic rings. The van der Waals surface area contributed by atoms with E-state index in [1.54, 1.807) is 18.2 Å². The number of benzene rings is 2. The summed E-state index contributed by atoms with van der Waals surface area (Å²) in [6.45, 7) is 6.42. The van der Waals surface area contributed by atoms with Gasteiger partial charge in [0.25, 0.3) is 0 Å². The van der Waals surface area contributed by atoms with Gasteiger partial charge in [-0.15, -0.1) is 0 Å². The van der Waals surface area contributed by atoms with Crippen molar-refractivity contribution in [3.63, 3.8) is 0 Å². The Labute approximate surface area is 125 Å². The van der Waals surface area contributed by atoms with Gasteiger partial charge in [-0.2, -0.15) is 0 Å². The van der Waals surface area contributed by atoms with Crippen LogP contribution in [0.5, 0.6) is 11.5 Å². The van der Waals surface area contributed by atoms with Crippen LogP contribution in [0, 0.1) is 0 Å². The lowest BCUT2D eigenvalue weighted by atomic mass is 10.0. The number of ketones is 1. The third-order valence-electron chi connectivity index (χ3n) is 2.92. The first kappa shape index (κ1) is 15.1. The number of carbonyl (C=O) groups is 1. The fourth-order valence-electron chi connectivity index (χ4n) is 2.04. The van der Waals surface area contributed by atoms with E-state index < -0.39 is 0 Å². The number of para-hydroxylation sites is 1. The number of hydrogen-bond donors (Lipinski definition) is 0. The number of rotatable bonds is 6. The highest BCUT2D eigenvalue weighted by atomic mass is 16.5.